The standard InChI is InChI=1S/C20H24ClNO4S/c1-14(2)27(24,25)16-10-8-15(9-11-16)12-20(23)22-13-19(26-3)17-6-4-5-7-18(17)21/h4-11,14,19H,12-13H2,1-3H3,(H,22,23). The number of methoxy groups -OCH3 is 1. The van der Waals surface area contributed by atoms with Gasteiger partial charge in [0.2, 0.25) is 5.91 Å². The molecule has 0 bridgehead atoms. The van der Waals surface area contributed by atoms with Crippen molar-refractivity contribution in [1.82, 2.24) is 5.32 Å². The van der Waals surface area contributed by atoms with Gasteiger partial charge in [-0.05, 0) is 37.6 Å². The van der Waals surface area contributed by atoms with E-state index in [-0.39, 0.29) is 23.3 Å². The van der Waals surface area contributed by atoms with Gasteiger partial charge in [0.15, 0.2) is 9.84 Å². The van der Waals surface area contributed by atoms with Crippen LogP contribution in [0.25, 0.3) is 0 Å². The van der Waals surface area contributed by atoms with Gasteiger partial charge in [-0.1, -0.05) is 41.9 Å². The average Bonchev–Trinajstić information content (AvgIpc) is 2.64. The van der Waals surface area contributed by atoms with Crippen LogP contribution in [0.15, 0.2) is 53.4 Å². The summed E-state index contributed by atoms with van der Waals surface area (Å²) in [5.41, 5.74) is 1.55. The lowest BCUT2D eigenvalue weighted by Crippen LogP contribution is -2.30. The van der Waals surface area contributed by atoms with E-state index in [1.807, 2.05) is 18.2 Å². The maximum Gasteiger partial charge on any atom is 0.224 e. The number of halogens is 1. The predicted octanol–water partition coefficient (Wildman–Crippen LogP) is 3.57. The molecule has 5 nitrogen and oxygen atoms in total. The third kappa shape index (κ3) is 5.54. The van der Waals surface area contributed by atoms with Crippen molar-refractivity contribution >= 4 is 27.3 Å². The van der Waals surface area contributed by atoms with Crippen LogP contribution in [0.4, 0.5) is 0 Å². The van der Waals surface area contributed by atoms with Crippen molar-refractivity contribution in [2.75, 3.05) is 13.7 Å². The van der Waals surface area contributed by atoms with Crippen LogP contribution in [0.1, 0.15) is 31.1 Å². The molecule has 2 aromatic rings. The van der Waals surface area contributed by atoms with Gasteiger partial charge < -0.3 is 10.1 Å². The van der Waals surface area contributed by atoms with E-state index >= 15 is 0 Å². The first kappa shape index (κ1) is 21.4. The summed E-state index contributed by atoms with van der Waals surface area (Å²) >= 11 is 6.17. The van der Waals surface area contributed by atoms with Gasteiger partial charge in [0.1, 0.15) is 6.10 Å². The van der Waals surface area contributed by atoms with Crippen molar-refractivity contribution in [2.24, 2.45) is 0 Å². The molecule has 0 saturated heterocycles. The summed E-state index contributed by atoms with van der Waals surface area (Å²) in [7, 11) is -1.75. The zero-order valence-electron chi connectivity index (χ0n) is 15.6. The molecule has 0 aromatic heterocycles. The molecule has 2 aromatic carbocycles. The summed E-state index contributed by atoms with van der Waals surface area (Å²) in [6, 6.07) is 13.7. The van der Waals surface area contributed by atoms with Crippen molar-refractivity contribution < 1.29 is 17.9 Å². The molecule has 0 saturated carbocycles. The fraction of sp³-hybridized carbons (Fsp3) is 0.350. The summed E-state index contributed by atoms with van der Waals surface area (Å²) < 4.78 is 29.7. The number of benzene rings is 2. The highest BCUT2D eigenvalue weighted by Gasteiger charge is 2.19. The Bertz CT molecular complexity index is 879. The van der Waals surface area contributed by atoms with Crippen LogP contribution in [-0.2, 0) is 25.8 Å². The van der Waals surface area contributed by atoms with E-state index in [9.17, 15) is 13.2 Å². The summed E-state index contributed by atoms with van der Waals surface area (Å²) in [6.45, 7) is 3.57. The number of hydrogen-bond donors (Lipinski definition) is 1. The summed E-state index contributed by atoms with van der Waals surface area (Å²) in [5, 5.41) is 2.93. The zero-order chi connectivity index (χ0) is 20.0. The molecule has 1 N–H and O–H groups in total. The lowest BCUT2D eigenvalue weighted by molar-refractivity contribution is -0.121. The molecular weight excluding hydrogens is 386 g/mol. The molecule has 0 aliphatic rings. The number of carbonyl (C=O) groups is 1. The molecule has 0 radical (unpaired) electrons. The predicted molar refractivity (Wildman–Crippen MR) is 107 cm³/mol. The van der Waals surface area contributed by atoms with Gasteiger partial charge in [-0.25, -0.2) is 8.42 Å². The van der Waals surface area contributed by atoms with Crippen molar-refractivity contribution in [3.8, 4) is 0 Å². The Morgan fingerprint density at radius 3 is 2.30 bits per heavy atom. The van der Waals surface area contributed by atoms with Crippen LogP contribution >= 0.6 is 11.6 Å². The molecule has 1 atom stereocenters. The third-order valence-corrected chi connectivity index (χ3v) is 6.77. The van der Waals surface area contributed by atoms with Gasteiger partial charge in [0.25, 0.3) is 0 Å². The Labute approximate surface area is 165 Å². The molecule has 0 spiro atoms. The van der Waals surface area contributed by atoms with Gasteiger partial charge in [0, 0.05) is 24.2 Å². The molecular formula is C20H24ClNO4S. The number of sulfone groups is 1. The zero-order valence-corrected chi connectivity index (χ0v) is 17.2. The lowest BCUT2D eigenvalue weighted by atomic mass is 10.1. The Kier molecular flexibility index (Phi) is 7.41. The first-order valence-corrected chi connectivity index (χ1v) is 10.5. The minimum Gasteiger partial charge on any atom is -0.375 e. The van der Waals surface area contributed by atoms with E-state index < -0.39 is 15.1 Å². The fourth-order valence-corrected chi connectivity index (χ4v) is 3.90. The fourth-order valence-electron chi connectivity index (χ4n) is 2.58. The summed E-state index contributed by atoms with van der Waals surface area (Å²) in [4.78, 5) is 12.5. The molecule has 1 amide bonds. The normalized spacial score (nSPS) is 12.8. The molecule has 0 aliphatic carbocycles. The Morgan fingerprint density at radius 2 is 1.74 bits per heavy atom. The number of nitrogens with one attached hydrogen (secondary N) is 1. The molecule has 1 unspecified atom stereocenters. The minimum absolute atomic E-state index is 0.154. The first-order chi connectivity index (χ1) is 12.8. The van der Waals surface area contributed by atoms with E-state index in [4.69, 9.17) is 16.3 Å². The van der Waals surface area contributed by atoms with Crippen LogP contribution in [0, 0.1) is 0 Å². The second kappa shape index (κ2) is 9.35. The maximum atomic E-state index is 12.2. The monoisotopic (exact) mass is 409 g/mol. The lowest BCUT2D eigenvalue weighted by Gasteiger charge is -2.18. The quantitative estimate of drug-likeness (QED) is 0.723. The van der Waals surface area contributed by atoms with E-state index in [0.717, 1.165) is 11.1 Å². The molecule has 27 heavy (non-hydrogen) atoms. The van der Waals surface area contributed by atoms with Crippen molar-refractivity contribution in [1.29, 1.82) is 0 Å². The van der Waals surface area contributed by atoms with Crippen LogP contribution in [0.5, 0.6) is 0 Å². The summed E-state index contributed by atoms with van der Waals surface area (Å²) in [5.74, 6) is -0.177. The highest BCUT2D eigenvalue weighted by Crippen LogP contribution is 2.24. The number of rotatable bonds is 8. The van der Waals surface area contributed by atoms with Crippen molar-refractivity contribution in [3.63, 3.8) is 0 Å². The number of amides is 1. The second-order valence-corrected chi connectivity index (χ2v) is 9.38. The third-order valence-electron chi connectivity index (χ3n) is 4.26. The van der Waals surface area contributed by atoms with Crippen LogP contribution in [-0.4, -0.2) is 33.2 Å². The van der Waals surface area contributed by atoms with E-state index in [1.165, 1.54) is 0 Å². The minimum atomic E-state index is -3.31. The number of carbonyl (C=O) groups excluding carboxylic acids is 1. The molecule has 0 heterocycles. The smallest absolute Gasteiger partial charge is 0.224 e. The molecule has 7 heteroatoms. The Hall–Kier alpha value is -1.89. The maximum absolute atomic E-state index is 12.2. The van der Waals surface area contributed by atoms with Crippen molar-refractivity contribution in [2.45, 2.75) is 36.5 Å². The van der Waals surface area contributed by atoms with Crippen LogP contribution in [0.3, 0.4) is 0 Å². The Morgan fingerprint density at radius 1 is 1.11 bits per heavy atom. The van der Waals surface area contributed by atoms with E-state index in [2.05, 4.69) is 5.32 Å². The molecule has 0 aliphatic heterocycles. The first-order valence-electron chi connectivity index (χ1n) is 8.62. The largest absolute Gasteiger partial charge is 0.375 e. The van der Waals surface area contributed by atoms with E-state index in [1.54, 1.807) is 51.3 Å². The Balaban J connectivity index is 1.96. The summed E-state index contributed by atoms with van der Waals surface area (Å²) in [6.07, 6.45) is -0.192. The molecule has 0 fully saturated rings. The van der Waals surface area contributed by atoms with Crippen molar-refractivity contribution in [3.05, 3.63) is 64.7 Å². The second-order valence-electron chi connectivity index (χ2n) is 6.46. The SMILES string of the molecule is COC(CNC(=O)Cc1ccc(S(=O)(=O)C(C)C)cc1)c1ccccc1Cl. The average molecular weight is 410 g/mol. The molecule has 2 rings (SSSR count). The van der Waals surface area contributed by atoms with Gasteiger partial charge in [-0.15, -0.1) is 0 Å². The van der Waals surface area contributed by atoms with Gasteiger partial charge in [-0.3, -0.25) is 4.79 Å². The van der Waals surface area contributed by atoms with Gasteiger partial charge >= 0.3 is 0 Å². The molecule has 146 valence electrons. The highest BCUT2D eigenvalue weighted by atomic mass is 35.5. The van der Waals surface area contributed by atoms with E-state index in [0.29, 0.717) is 11.6 Å². The van der Waals surface area contributed by atoms with Crippen LogP contribution in [0.2, 0.25) is 5.02 Å². The number of hydrogen-bond acceptors (Lipinski definition) is 4. The van der Waals surface area contributed by atoms with Crippen LogP contribution < -0.4 is 5.32 Å². The highest BCUT2D eigenvalue weighted by molar-refractivity contribution is 7.92. The number of ether oxygens (including phenoxy) is 1. The topological polar surface area (TPSA) is 72.5 Å². The van der Waals surface area contributed by atoms with Gasteiger partial charge in [0.05, 0.1) is 16.6 Å². The van der Waals surface area contributed by atoms with Gasteiger partial charge in [-0.2, -0.15) is 0 Å².